The van der Waals surface area contributed by atoms with Gasteiger partial charge in [-0.2, -0.15) is 0 Å². The Morgan fingerprint density at radius 3 is 3.00 bits per heavy atom. The Morgan fingerprint density at radius 1 is 1.57 bits per heavy atom. The second-order valence-corrected chi connectivity index (χ2v) is 5.95. The van der Waals surface area contributed by atoms with Gasteiger partial charge in [0.1, 0.15) is 0 Å². The van der Waals surface area contributed by atoms with E-state index in [1.165, 1.54) is 24.8 Å². The van der Waals surface area contributed by atoms with Gasteiger partial charge in [-0.25, -0.2) is 0 Å². The number of allylic oxidation sites excluding steroid dienone is 1. The minimum absolute atomic E-state index is 0.318. The number of hydrogen-bond donors (Lipinski definition) is 1. The van der Waals surface area contributed by atoms with Crippen molar-refractivity contribution in [3.63, 3.8) is 0 Å². The van der Waals surface area contributed by atoms with Gasteiger partial charge < -0.3 is 5.11 Å². The molecule has 2 rings (SSSR count). The van der Waals surface area contributed by atoms with Crippen LogP contribution in [0.1, 0.15) is 37.4 Å². The molecule has 1 aromatic rings. The standard InChI is InChI=1S/C11H13BrOS/c12-11-6-9(7-14-11)10(13)5-8-3-1-2-4-8/h3,6-7,10,13H,1-2,4-5H2. The van der Waals surface area contributed by atoms with Crippen molar-refractivity contribution in [1.29, 1.82) is 0 Å². The molecule has 0 fully saturated rings. The summed E-state index contributed by atoms with van der Waals surface area (Å²) in [6.07, 6.45) is 6.38. The van der Waals surface area contributed by atoms with E-state index in [2.05, 4.69) is 22.0 Å². The molecule has 1 atom stereocenters. The molecule has 0 bridgehead atoms. The van der Waals surface area contributed by atoms with E-state index in [0.29, 0.717) is 0 Å². The van der Waals surface area contributed by atoms with Crippen LogP contribution in [0.3, 0.4) is 0 Å². The van der Waals surface area contributed by atoms with Gasteiger partial charge in [0.25, 0.3) is 0 Å². The average molecular weight is 273 g/mol. The first kappa shape index (κ1) is 10.4. The summed E-state index contributed by atoms with van der Waals surface area (Å²) in [5, 5.41) is 12.0. The zero-order chi connectivity index (χ0) is 9.97. The minimum Gasteiger partial charge on any atom is -0.388 e. The molecule has 0 spiro atoms. The molecule has 1 aliphatic carbocycles. The lowest BCUT2D eigenvalue weighted by Crippen LogP contribution is -1.96. The van der Waals surface area contributed by atoms with E-state index in [9.17, 15) is 5.11 Å². The highest BCUT2D eigenvalue weighted by atomic mass is 79.9. The number of halogens is 1. The Balaban J connectivity index is 1.98. The first-order chi connectivity index (χ1) is 6.75. The highest BCUT2D eigenvalue weighted by molar-refractivity contribution is 9.11. The van der Waals surface area contributed by atoms with Crippen LogP contribution in [0.2, 0.25) is 0 Å². The molecule has 1 aliphatic rings. The second kappa shape index (κ2) is 4.60. The maximum atomic E-state index is 9.94. The van der Waals surface area contributed by atoms with Crippen molar-refractivity contribution >= 4 is 27.3 Å². The summed E-state index contributed by atoms with van der Waals surface area (Å²) < 4.78 is 1.09. The maximum Gasteiger partial charge on any atom is 0.0835 e. The topological polar surface area (TPSA) is 20.2 Å². The Labute approximate surface area is 96.6 Å². The molecule has 0 aromatic carbocycles. The van der Waals surface area contributed by atoms with E-state index in [0.717, 1.165) is 15.8 Å². The summed E-state index contributed by atoms with van der Waals surface area (Å²) in [6, 6.07) is 2.00. The zero-order valence-electron chi connectivity index (χ0n) is 7.87. The molecule has 1 heterocycles. The van der Waals surface area contributed by atoms with Crippen molar-refractivity contribution in [2.24, 2.45) is 0 Å². The number of aliphatic hydroxyl groups excluding tert-OH is 1. The highest BCUT2D eigenvalue weighted by Gasteiger charge is 2.13. The summed E-state index contributed by atoms with van der Waals surface area (Å²) in [5.74, 6) is 0. The molecule has 1 unspecified atom stereocenters. The summed E-state index contributed by atoms with van der Waals surface area (Å²) >= 11 is 5.03. The molecular weight excluding hydrogens is 260 g/mol. The number of aliphatic hydroxyl groups is 1. The third-order valence-corrected chi connectivity index (χ3v) is 4.09. The van der Waals surface area contributed by atoms with Gasteiger partial charge in [-0.15, -0.1) is 11.3 Å². The molecule has 1 aromatic heterocycles. The predicted molar refractivity (Wildman–Crippen MR) is 63.5 cm³/mol. The lowest BCUT2D eigenvalue weighted by atomic mass is 10.0. The fourth-order valence-corrected chi connectivity index (χ4v) is 3.01. The largest absolute Gasteiger partial charge is 0.388 e. The van der Waals surface area contributed by atoms with Gasteiger partial charge in [-0.05, 0) is 58.6 Å². The van der Waals surface area contributed by atoms with Crippen molar-refractivity contribution in [2.45, 2.75) is 31.8 Å². The van der Waals surface area contributed by atoms with Crippen LogP contribution in [0.15, 0.2) is 26.9 Å². The first-order valence-electron chi connectivity index (χ1n) is 4.85. The summed E-state index contributed by atoms with van der Waals surface area (Å²) in [7, 11) is 0. The van der Waals surface area contributed by atoms with Crippen LogP contribution in [0.4, 0.5) is 0 Å². The normalized spacial score (nSPS) is 18.3. The van der Waals surface area contributed by atoms with Crippen LogP contribution in [0.25, 0.3) is 0 Å². The number of hydrogen-bond acceptors (Lipinski definition) is 2. The van der Waals surface area contributed by atoms with Gasteiger partial charge in [0.15, 0.2) is 0 Å². The summed E-state index contributed by atoms with van der Waals surface area (Å²) in [6.45, 7) is 0. The molecule has 3 heteroatoms. The van der Waals surface area contributed by atoms with Crippen molar-refractivity contribution in [2.75, 3.05) is 0 Å². The Hall–Kier alpha value is -0.120. The highest BCUT2D eigenvalue weighted by Crippen LogP contribution is 2.31. The number of thiophene rings is 1. The van der Waals surface area contributed by atoms with Crippen LogP contribution in [0, 0.1) is 0 Å². The van der Waals surface area contributed by atoms with Crippen LogP contribution >= 0.6 is 27.3 Å². The van der Waals surface area contributed by atoms with Crippen molar-refractivity contribution in [1.82, 2.24) is 0 Å². The quantitative estimate of drug-likeness (QED) is 0.824. The Morgan fingerprint density at radius 2 is 2.43 bits per heavy atom. The Bertz CT molecular complexity index is 343. The summed E-state index contributed by atoms with van der Waals surface area (Å²) in [4.78, 5) is 0. The van der Waals surface area contributed by atoms with Crippen LogP contribution in [-0.2, 0) is 0 Å². The molecule has 1 N–H and O–H groups in total. The SMILES string of the molecule is OC(CC1=CCCC1)c1csc(Br)c1. The molecule has 76 valence electrons. The van der Waals surface area contributed by atoms with Gasteiger partial charge in [0, 0.05) is 0 Å². The van der Waals surface area contributed by atoms with Gasteiger partial charge in [-0.1, -0.05) is 11.6 Å². The fraction of sp³-hybridized carbons (Fsp3) is 0.455. The van der Waals surface area contributed by atoms with Crippen molar-refractivity contribution in [3.8, 4) is 0 Å². The third-order valence-electron chi connectivity index (χ3n) is 2.56. The third kappa shape index (κ3) is 2.47. The van der Waals surface area contributed by atoms with Gasteiger partial charge in [0.2, 0.25) is 0 Å². The minimum atomic E-state index is -0.318. The smallest absolute Gasteiger partial charge is 0.0835 e. The van der Waals surface area contributed by atoms with Crippen molar-refractivity contribution in [3.05, 3.63) is 32.4 Å². The lowest BCUT2D eigenvalue weighted by molar-refractivity contribution is 0.178. The molecule has 1 nitrogen and oxygen atoms in total. The molecule has 0 amide bonds. The van der Waals surface area contributed by atoms with Crippen LogP contribution in [0.5, 0.6) is 0 Å². The first-order valence-corrected chi connectivity index (χ1v) is 6.53. The predicted octanol–water partition coefficient (Wildman–Crippen LogP) is 4.04. The van der Waals surface area contributed by atoms with Gasteiger partial charge >= 0.3 is 0 Å². The average Bonchev–Trinajstić information content (AvgIpc) is 2.75. The maximum absolute atomic E-state index is 9.94. The van der Waals surface area contributed by atoms with Crippen LogP contribution < -0.4 is 0 Å². The monoisotopic (exact) mass is 272 g/mol. The van der Waals surface area contributed by atoms with Crippen molar-refractivity contribution < 1.29 is 5.11 Å². The molecule has 0 saturated carbocycles. The van der Waals surface area contributed by atoms with E-state index in [1.807, 2.05) is 11.4 Å². The Kier molecular flexibility index (Phi) is 3.42. The van der Waals surface area contributed by atoms with E-state index in [-0.39, 0.29) is 6.10 Å². The fourth-order valence-electron chi connectivity index (χ4n) is 1.79. The molecule has 14 heavy (non-hydrogen) atoms. The molecular formula is C11H13BrOS. The van der Waals surface area contributed by atoms with E-state index < -0.39 is 0 Å². The zero-order valence-corrected chi connectivity index (χ0v) is 10.3. The lowest BCUT2D eigenvalue weighted by Gasteiger charge is -2.09. The van der Waals surface area contributed by atoms with E-state index in [1.54, 1.807) is 11.3 Å². The molecule has 0 radical (unpaired) electrons. The van der Waals surface area contributed by atoms with E-state index in [4.69, 9.17) is 0 Å². The molecule has 0 aliphatic heterocycles. The van der Waals surface area contributed by atoms with Crippen LogP contribution in [-0.4, -0.2) is 5.11 Å². The van der Waals surface area contributed by atoms with Gasteiger partial charge in [-0.3, -0.25) is 0 Å². The second-order valence-electron chi connectivity index (χ2n) is 3.66. The molecule has 0 saturated heterocycles. The van der Waals surface area contributed by atoms with Gasteiger partial charge in [0.05, 0.1) is 9.89 Å². The van der Waals surface area contributed by atoms with E-state index >= 15 is 0 Å². The summed E-state index contributed by atoms with van der Waals surface area (Å²) in [5.41, 5.74) is 2.45. The number of rotatable bonds is 3.